The van der Waals surface area contributed by atoms with E-state index in [1.807, 2.05) is 28.7 Å². The van der Waals surface area contributed by atoms with Crippen molar-refractivity contribution in [3.63, 3.8) is 0 Å². The number of benzene rings is 2. The molecule has 0 aliphatic heterocycles. The zero-order chi connectivity index (χ0) is 19.9. The van der Waals surface area contributed by atoms with Crippen LogP contribution in [0.25, 0.3) is 15.2 Å². The van der Waals surface area contributed by atoms with Crippen molar-refractivity contribution in [2.75, 3.05) is 5.32 Å². The monoisotopic (exact) mass is 433 g/mol. The minimum absolute atomic E-state index is 0.0110. The summed E-state index contributed by atoms with van der Waals surface area (Å²) in [5.74, 6) is -0.232. The van der Waals surface area contributed by atoms with Crippen LogP contribution in [0.2, 0.25) is 0 Å². The Morgan fingerprint density at radius 3 is 2.61 bits per heavy atom. The lowest BCUT2D eigenvalue weighted by atomic mass is 10.3. The largest absolute Gasteiger partial charge is 0.325 e. The molecule has 0 radical (unpaired) electrons. The molecule has 2 aromatic heterocycles. The number of nitrogens with zero attached hydrogens (tertiary/aromatic N) is 3. The molecule has 0 spiro atoms. The summed E-state index contributed by atoms with van der Waals surface area (Å²) in [6.07, 6.45) is 0. The van der Waals surface area contributed by atoms with Crippen molar-refractivity contribution in [1.29, 1.82) is 0 Å². The number of rotatable bonds is 5. The Kier molecular flexibility index (Phi) is 4.83. The number of hydrogen-bond donors (Lipinski definition) is 2. The smallest absolute Gasteiger partial charge is 0.238 e. The van der Waals surface area contributed by atoms with E-state index < -0.39 is 15.3 Å². The number of anilines is 1. The van der Waals surface area contributed by atoms with E-state index in [9.17, 15) is 13.2 Å². The van der Waals surface area contributed by atoms with Crippen LogP contribution in [-0.4, -0.2) is 34.2 Å². The minimum atomic E-state index is -3.77. The van der Waals surface area contributed by atoms with Crippen LogP contribution in [0, 0.1) is 0 Å². The average molecular weight is 434 g/mol. The Bertz CT molecular complexity index is 1280. The van der Waals surface area contributed by atoms with Crippen LogP contribution >= 0.6 is 23.1 Å². The molecule has 8 nitrogen and oxygen atoms in total. The predicted molar refractivity (Wildman–Crippen MR) is 110 cm³/mol. The summed E-state index contributed by atoms with van der Waals surface area (Å²) >= 11 is 2.84. The number of para-hydroxylation sites is 1. The molecule has 28 heavy (non-hydrogen) atoms. The highest BCUT2D eigenvalue weighted by Gasteiger charge is 2.20. The Morgan fingerprint density at radius 1 is 1.18 bits per heavy atom. The van der Waals surface area contributed by atoms with Crippen molar-refractivity contribution in [3.8, 4) is 0 Å². The number of thioether (sulfide) groups is 1. The van der Waals surface area contributed by atoms with Gasteiger partial charge in [-0.05, 0) is 43.3 Å². The number of thiazole rings is 1. The van der Waals surface area contributed by atoms with E-state index in [1.54, 1.807) is 18.3 Å². The fraction of sp³-hybridized carbons (Fsp3) is 0.118. The van der Waals surface area contributed by atoms with Gasteiger partial charge in [-0.1, -0.05) is 35.2 Å². The first-order chi connectivity index (χ1) is 13.3. The second-order valence-electron chi connectivity index (χ2n) is 5.99. The molecule has 0 aliphatic rings. The molecule has 1 atom stereocenters. The van der Waals surface area contributed by atoms with Gasteiger partial charge in [0.1, 0.15) is 0 Å². The first kappa shape index (κ1) is 18.9. The van der Waals surface area contributed by atoms with Crippen molar-refractivity contribution < 1.29 is 13.2 Å². The number of hydrogen-bond acceptors (Lipinski definition) is 7. The van der Waals surface area contributed by atoms with Gasteiger partial charge >= 0.3 is 0 Å². The molecule has 144 valence electrons. The second kappa shape index (κ2) is 7.17. The normalized spacial score (nSPS) is 13.1. The maximum atomic E-state index is 12.5. The third-order valence-electron chi connectivity index (χ3n) is 4.01. The lowest BCUT2D eigenvalue weighted by Gasteiger charge is -2.11. The van der Waals surface area contributed by atoms with Crippen molar-refractivity contribution >= 4 is 59.9 Å². The summed E-state index contributed by atoms with van der Waals surface area (Å²) in [5.41, 5.74) is 1.48. The minimum Gasteiger partial charge on any atom is -0.325 e. The van der Waals surface area contributed by atoms with E-state index in [0.29, 0.717) is 10.8 Å². The summed E-state index contributed by atoms with van der Waals surface area (Å²) in [7, 11) is -3.77. The van der Waals surface area contributed by atoms with Crippen LogP contribution < -0.4 is 10.5 Å². The van der Waals surface area contributed by atoms with E-state index >= 15 is 0 Å². The molecule has 2 heterocycles. The molecular weight excluding hydrogens is 418 g/mol. The lowest BCUT2D eigenvalue weighted by Crippen LogP contribution is -2.22. The maximum absolute atomic E-state index is 12.5. The summed E-state index contributed by atoms with van der Waals surface area (Å²) in [6, 6.07) is 13.6. The van der Waals surface area contributed by atoms with Gasteiger partial charge in [0.15, 0.2) is 5.16 Å². The zero-order valence-electron chi connectivity index (χ0n) is 14.6. The Labute approximate surface area is 168 Å². The molecule has 0 saturated heterocycles. The van der Waals surface area contributed by atoms with Gasteiger partial charge in [0.2, 0.25) is 20.9 Å². The third kappa shape index (κ3) is 3.61. The van der Waals surface area contributed by atoms with Crippen molar-refractivity contribution in [2.24, 2.45) is 5.14 Å². The highest BCUT2D eigenvalue weighted by Crippen LogP contribution is 2.31. The Hall–Kier alpha value is -2.47. The van der Waals surface area contributed by atoms with Gasteiger partial charge in [-0.3, -0.25) is 9.20 Å². The first-order valence-electron chi connectivity index (χ1n) is 8.16. The molecular formula is C17H15N5O3S3. The fourth-order valence-electron chi connectivity index (χ4n) is 2.62. The quantitative estimate of drug-likeness (QED) is 0.467. The van der Waals surface area contributed by atoms with E-state index in [1.165, 1.54) is 36.0 Å². The molecule has 0 fully saturated rings. The molecule has 3 N–H and O–H groups in total. The molecule has 0 aliphatic carbocycles. The second-order valence-corrected chi connectivity index (χ2v) is 9.87. The molecule has 2 aromatic carbocycles. The Morgan fingerprint density at radius 2 is 1.89 bits per heavy atom. The lowest BCUT2D eigenvalue weighted by molar-refractivity contribution is -0.115. The summed E-state index contributed by atoms with van der Waals surface area (Å²) < 4.78 is 25.6. The molecule has 4 aromatic rings. The van der Waals surface area contributed by atoms with Gasteiger partial charge in [-0.15, -0.1) is 10.2 Å². The SMILES string of the molecule is C[C@H](Sc1nnc2sc3ccccc3n12)C(=O)Nc1ccc(S(N)(=O)=O)cc1. The summed E-state index contributed by atoms with van der Waals surface area (Å²) in [5, 5.41) is 16.4. The fourth-order valence-corrected chi connectivity index (χ4v) is 5.01. The molecule has 0 bridgehead atoms. The predicted octanol–water partition coefficient (Wildman–Crippen LogP) is 2.71. The van der Waals surface area contributed by atoms with Gasteiger partial charge in [0.25, 0.3) is 0 Å². The summed E-state index contributed by atoms with van der Waals surface area (Å²) in [4.78, 5) is 13.3. The number of aromatic nitrogens is 3. The topological polar surface area (TPSA) is 119 Å². The first-order valence-corrected chi connectivity index (χ1v) is 11.4. The van der Waals surface area contributed by atoms with Crippen molar-refractivity contribution in [3.05, 3.63) is 48.5 Å². The van der Waals surface area contributed by atoms with E-state index in [2.05, 4.69) is 15.5 Å². The summed E-state index contributed by atoms with van der Waals surface area (Å²) in [6.45, 7) is 1.77. The van der Waals surface area contributed by atoms with Crippen LogP contribution in [-0.2, 0) is 14.8 Å². The van der Waals surface area contributed by atoms with Gasteiger partial charge in [0.05, 0.1) is 20.4 Å². The number of amides is 1. The molecule has 11 heteroatoms. The number of nitrogens with two attached hydrogens (primary N) is 1. The highest BCUT2D eigenvalue weighted by molar-refractivity contribution is 8.00. The van der Waals surface area contributed by atoms with E-state index in [4.69, 9.17) is 5.14 Å². The van der Waals surface area contributed by atoms with Crippen LogP contribution in [0.1, 0.15) is 6.92 Å². The molecule has 0 saturated carbocycles. The van der Waals surface area contributed by atoms with Crippen LogP contribution in [0.4, 0.5) is 5.69 Å². The molecule has 0 unspecified atom stereocenters. The van der Waals surface area contributed by atoms with Gasteiger partial charge in [0, 0.05) is 5.69 Å². The average Bonchev–Trinajstić information content (AvgIpc) is 3.21. The van der Waals surface area contributed by atoms with Crippen molar-refractivity contribution in [2.45, 2.75) is 22.2 Å². The number of nitrogens with one attached hydrogen (secondary N) is 1. The van der Waals surface area contributed by atoms with Crippen LogP contribution in [0.5, 0.6) is 0 Å². The van der Waals surface area contributed by atoms with Gasteiger partial charge in [-0.25, -0.2) is 13.6 Å². The number of carbonyl (C=O) groups is 1. The maximum Gasteiger partial charge on any atom is 0.238 e. The highest BCUT2D eigenvalue weighted by atomic mass is 32.2. The standard InChI is InChI=1S/C17H15N5O3S3/c1-10(15(23)19-11-6-8-12(9-7-11)28(18,24)25)26-16-20-21-17-22(16)13-4-2-3-5-14(13)27-17/h2-10H,1H3,(H,19,23)(H2,18,24,25)/t10-/m0/s1. The van der Waals surface area contributed by atoms with E-state index in [-0.39, 0.29) is 10.8 Å². The van der Waals surface area contributed by atoms with Crippen molar-refractivity contribution in [1.82, 2.24) is 14.6 Å². The number of carbonyl (C=O) groups excluding carboxylic acids is 1. The van der Waals surface area contributed by atoms with Crippen LogP contribution in [0.3, 0.4) is 0 Å². The number of sulfonamides is 1. The Balaban J connectivity index is 1.51. The van der Waals surface area contributed by atoms with Gasteiger partial charge < -0.3 is 5.32 Å². The third-order valence-corrected chi connectivity index (χ3v) is 7.00. The van der Waals surface area contributed by atoms with Crippen LogP contribution in [0.15, 0.2) is 58.6 Å². The molecule has 4 rings (SSSR count). The number of fused-ring (bicyclic) bond motifs is 3. The van der Waals surface area contributed by atoms with Gasteiger partial charge in [-0.2, -0.15) is 0 Å². The number of primary sulfonamides is 1. The molecule has 1 amide bonds. The van der Waals surface area contributed by atoms with E-state index in [0.717, 1.165) is 15.2 Å². The zero-order valence-corrected chi connectivity index (χ0v) is 17.0.